The third-order valence-electron chi connectivity index (χ3n) is 3.42. The van der Waals surface area contributed by atoms with Gasteiger partial charge in [0.25, 0.3) is 0 Å². The highest BCUT2D eigenvalue weighted by atomic mass is 19.1. The van der Waals surface area contributed by atoms with Gasteiger partial charge >= 0.3 is 0 Å². The molecule has 0 saturated carbocycles. The summed E-state index contributed by atoms with van der Waals surface area (Å²) in [5.41, 5.74) is 2.61. The van der Waals surface area contributed by atoms with Crippen LogP contribution in [-0.4, -0.2) is 5.11 Å². The lowest BCUT2D eigenvalue weighted by Crippen LogP contribution is -2.02. The van der Waals surface area contributed by atoms with Crippen LogP contribution in [-0.2, 0) is 0 Å². The molecular weight excluding hydrogens is 215 g/mol. The molecule has 0 radical (unpaired) electrons. The first-order chi connectivity index (χ1) is 8.16. The van der Waals surface area contributed by atoms with Gasteiger partial charge in [-0.3, -0.25) is 0 Å². The molecule has 1 aromatic carbocycles. The highest BCUT2D eigenvalue weighted by Gasteiger charge is 2.13. The van der Waals surface area contributed by atoms with Gasteiger partial charge in [0.05, 0.1) is 6.10 Å². The van der Waals surface area contributed by atoms with Gasteiger partial charge in [-0.1, -0.05) is 23.8 Å². The summed E-state index contributed by atoms with van der Waals surface area (Å²) >= 11 is 0. The molecule has 92 valence electrons. The van der Waals surface area contributed by atoms with E-state index in [2.05, 4.69) is 6.08 Å². The summed E-state index contributed by atoms with van der Waals surface area (Å²) in [6.45, 7) is 1.73. The van der Waals surface area contributed by atoms with Crippen LogP contribution < -0.4 is 0 Å². The minimum Gasteiger partial charge on any atom is -0.388 e. The van der Waals surface area contributed by atoms with Crippen LogP contribution in [0.3, 0.4) is 0 Å². The van der Waals surface area contributed by atoms with Crippen molar-refractivity contribution in [2.24, 2.45) is 0 Å². The summed E-state index contributed by atoms with van der Waals surface area (Å²) in [6, 6.07) is 4.99. The number of benzene rings is 1. The van der Waals surface area contributed by atoms with Crippen molar-refractivity contribution < 1.29 is 9.50 Å². The number of halogens is 1. The molecule has 1 aliphatic rings. The van der Waals surface area contributed by atoms with E-state index in [-0.39, 0.29) is 5.82 Å². The van der Waals surface area contributed by atoms with Crippen molar-refractivity contribution >= 4 is 0 Å². The fourth-order valence-electron chi connectivity index (χ4n) is 2.27. The Labute approximate surface area is 102 Å². The first kappa shape index (κ1) is 12.3. The molecule has 2 heteroatoms. The van der Waals surface area contributed by atoms with Gasteiger partial charge in [-0.25, -0.2) is 4.39 Å². The van der Waals surface area contributed by atoms with Gasteiger partial charge in [-0.15, -0.1) is 0 Å². The lowest BCUT2D eigenvalue weighted by molar-refractivity contribution is 0.176. The second kappa shape index (κ2) is 5.46. The van der Waals surface area contributed by atoms with Crippen molar-refractivity contribution in [2.75, 3.05) is 0 Å². The Bertz CT molecular complexity index is 423. The summed E-state index contributed by atoms with van der Waals surface area (Å²) in [5, 5.41) is 10.1. The Morgan fingerprint density at radius 2 is 2.18 bits per heavy atom. The quantitative estimate of drug-likeness (QED) is 0.782. The van der Waals surface area contributed by atoms with Crippen molar-refractivity contribution in [2.45, 2.75) is 45.1 Å². The number of aryl methyl sites for hydroxylation is 1. The lowest BCUT2D eigenvalue weighted by atomic mass is 9.92. The van der Waals surface area contributed by atoms with Crippen LogP contribution in [0.2, 0.25) is 0 Å². The zero-order valence-corrected chi connectivity index (χ0v) is 10.2. The molecule has 1 unspecified atom stereocenters. The second-order valence-electron chi connectivity index (χ2n) is 4.84. The SMILES string of the molecule is Cc1ccc(C(O)CC2=CCCCC2)cc1F. The largest absolute Gasteiger partial charge is 0.388 e. The van der Waals surface area contributed by atoms with Gasteiger partial charge in [-0.2, -0.15) is 0 Å². The molecule has 1 aliphatic carbocycles. The van der Waals surface area contributed by atoms with Gasteiger partial charge < -0.3 is 5.11 Å². The number of aliphatic hydroxyl groups excluding tert-OH is 1. The van der Waals surface area contributed by atoms with E-state index in [1.807, 2.05) is 6.07 Å². The maximum Gasteiger partial charge on any atom is 0.126 e. The van der Waals surface area contributed by atoms with Crippen molar-refractivity contribution in [3.8, 4) is 0 Å². The lowest BCUT2D eigenvalue weighted by Gasteiger charge is -2.17. The maximum absolute atomic E-state index is 13.4. The molecule has 0 heterocycles. The smallest absolute Gasteiger partial charge is 0.126 e. The zero-order valence-electron chi connectivity index (χ0n) is 10.2. The summed E-state index contributed by atoms with van der Waals surface area (Å²) in [6.07, 6.45) is 6.93. The van der Waals surface area contributed by atoms with Crippen LogP contribution in [0.25, 0.3) is 0 Å². The third-order valence-corrected chi connectivity index (χ3v) is 3.42. The molecule has 1 nitrogen and oxygen atoms in total. The van der Waals surface area contributed by atoms with Crippen LogP contribution in [0.1, 0.15) is 49.3 Å². The van der Waals surface area contributed by atoms with Crippen LogP contribution in [0.15, 0.2) is 29.8 Å². The van der Waals surface area contributed by atoms with E-state index in [0.29, 0.717) is 17.5 Å². The molecule has 0 spiro atoms. The number of hydrogen-bond donors (Lipinski definition) is 1. The highest BCUT2D eigenvalue weighted by molar-refractivity contribution is 5.26. The summed E-state index contributed by atoms with van der Waals surface area (Å²) in [7, 11) is 0. The second-order valence-corrected chi connectivity index (χ2v) is 4.84. The monoisotopic (exact) mass is 234 g/mol. The summed E-state index contributed by atoms with van der Waals surface area (Å²) in [4.78, 5) is 0. The molecule has 0 bridgehead atoms. The predicted octanol–water partition coefficient (Wildman–Crippen LogP) is 4.06. The van der Waals surface area contributed by atoms with Crippen molar-refractivity contribution in [1.29, 1.82) is 0 Å². The molecule has 0 saturated heterocycles. The van der Waals surface area contributed by atoms with E-state index in [1.165, 1.54) is 24.5 Å². The Balaban J connectivity index is 2.06. The molecule has 2 rings (SSSR count). The van der Waals surface area contributed by atoms with Crippen LogP contribution in [0.5, 0.6) is 0 Å². The van der Waals surface area contributed by atoms with Gasteiger partial charge in [-0.05, 0) is 56.2 Å². The van der Waals surface area contributed by atoms with Gasteiger partial charge in [0, 0.05) is 0 Å². The minimum atomic E-state index is -0.575. The van der Waals surface area contributed by atoms with E-state index in [4.69, 9.17) is 0 Å². The predicted molar refractivity (Wildman–Crippen MR) is 67.3 cm³/mol. The topological polar surface area (TPSA) is 20.2 Å². The fourth-order valence-corrected chi connectivity index (χ4v) is 2.27. The molecule has 0 amide bonds. The first-order valence-corrected chi connectivity index (χ1v) is 6.29. The third kappa shape index (κ3) is 3.16. The molecule has 1 N–H and O–H groups in total. The highest BCUT2D eigenvalue weighted by Crippen LogP contribution is 2.28. The molecular formula is C15H19FO. The van der Waals surface area contributed by atoms with E-state index >= 15 is 0 Å². The van der Waals surface area contributed by atoms with Gasteiger partial charge in [0.1, 0.15) is 5.82 Å². The number of allylic oxidation sites excluding steroid dienone is 1. The fraction of sp³-hybridized carbons (Fsp3) is 0.467. The minimum absolute atomic E-state index is 0.237. The molecule has 1 atom stereocenters. The summed E-state index contributed by atoms with van der Waals surface area (Å²) in [5.74, 6) is -0.237. The Morgan fingerprint density at radius 3 is 2.82 bits per heavy atom. The molecule has 0 aliphatic heterocycles. The molecule has 0 fully saturated rings. The Hall–Kier alpha value is -1.15. The van der Waals surface area contributed by atoms with Gasteiger partial charge in [0.2, 0.25) is 0 Å². The van der Waals surface area contributed by atoms with E-state index in [0.717, 1.165) is 12.8 Å². The number of hydrogen-bond acceptors (Lipinski definition) is 1. The first-order valence-electron chi connectivity index (χ1n) is 6.29. The Kier molecular flexibility index (Phi) is 3.95. The van der Waals surface area contributed by atoms with E-state index < -0.39 is 6.10 Å². The van der Waals surface area contributed by atoms with Crippen molar-refractivity contribution in [3.05, 3.63) is 46.8 Å². The van der Waals surface area contributed by atoms with E-state index in [1.54, 1.807) is 13.0 Å². The van der Waals surface area contributed by atoms with Crippen LogP contribution in [0, 0.1) is 12.7 Å². The van der Waals surface area contributed by atoms with Gasteiger partial charge in [0.15, 0.2) is 0 Å². The average Bonchev–Trinajstić information content (AvgIpc) is 2.34. The Morgan fingerprint density at radius 1 is 1.35 bits per heavy atom. The molecule has 1 aromatic rings. The maximum atomic E-state index is 13.4. The average molecular weight is 234 g/mol. The summed E-state index contributed by atoms with van der Waals surface area (Å²) < 4.78 is 13.4. The molecule has 17 heavy (non-hydrogen) atoms. The molecule has 0 aromatic heterocycles. The standard InChI is InChI=1S/C15H19FO/c1-11-7-8-13(10-14(11)16)15(17)9-12-5-3-2-4-6-12/h5,7-8,10,15,17H,2-4,6,9H2,1H3. The van der Waals surface area contributed by atoms with E-state index in [9.17, 15) is 9.50 Å². The van der Waals surface area contributed by atoms with Crippen molar-refractivity contribution in [1.82, 2.24) is 0 Å². The normalized spacial score (nSPS) is 17.7. The zero-order chi connectivity index (χ0) is 12.3. The number of rotatable bonds is 3. The van der Waals surface area contributed by atoms with Crippen LogP contribution >= 0.6 is 0 Å². The van der Waals surface area contributed by atoms with Crippen LogP contribution in [0.4, 0.5) is 4.39 Å². The number of aliphatic hydroxyl groups is 1. The van der Waals surface area contributed by atoms with Crippen molar-refractivity contribution in [3.63, 3.8) is 0 Å².